The summed E-state index contributed by atoms with van der Waals surface area (Å²) in [5, 5.41) is 4.13. The highest BCUT2D eigenvalue weighted by molar-refractivity contribution is 8.13. The molecule has 0 aliphatic carbocycles. The Morgan fingerprint density at radius 1 is 1.48 bits per heavy atom. The van der Waals surface area contributed by atoms with Crippen LogP contribution < -0.4 is 10.1 Å². The summed E-state index contributed by atoms with van der Waals surface area (Å²) >= 11 is 1.64. The average molecular weight is 307 g/mol. The van der Waals surface area contributed by atoms with E-state index in [0.29, 0.717) is 0 Å². The third kappa shape index (κ3) is 6.23. The molecule has 0 atom stereocenters. The molecular formula is C16H25N3OS. The van der Waals surface area contributed by atoms with Crippen LogP contribution >= 0.6 is 11.8 Å². The number of likely N-dealkylation sites (N-methyl/N-ethyl adjacent to an activating group) is 2. The Labute approximate surface area is 132 Å². The Morgan fingerprint density at radius 3 is 2.86 bits per heavy atom. The van der Waals surface area contributed by atoms with Gasteiger partial charge in [-0.25, -0.2) is 4.99 Å². The fourth-order valence-corrected chi connectivity index (χ4v) is 2.48. The summed E-state index contributed by atoms with van der Waals surface area (Å²) in [4.78, 5) is 6.78. The number of amidine groups is 1. The fourth-order valence-electron chi connectivity index (χ4n) is 1.85. The maximum Gasteiger partial charge on any atom is 0.163 e. The zero-order valence-corrected chi connectivity index (χ0v) is 14.2. The van der Waals surface area contributed by atoms with Crippen LogP contribution in [-0.4, -0.2) is 50.6 Å². The zero-order valence-electron chi connectivity index (χ0n) is 13.3. The van der Waals surface area contributed by atoms with Crippen LogP contribution in [-0.2, 0) is 6.42 Å². The lowest BCUT2D eigenvalue weighted by Crippen LogP contribution is -2.31. The van der Waals surface area contributed by atoms with Gasteiger partial charge in [0.05, 0.1) is 7.11 Å². The molecule has 0 fully saturated rings. The van der Waals surface area contributed by atoms with E-state index in [4.69, 9.17) is 4.74 Å². The highest BCUT2D eigenvalue weighted by Gasteiger charge is 2.06. The van der Waals surface area contributed by atoms with Gasteiger partial charge in [-0.05, 0) is 31.0 Å². The molecule has 0 spiro atoms. The van der Waals surface area contributed by atoms with Crippen molar-refractivity contribution in [1.29, 1.82) is 0 Å². The highest BCUT2D eigenvalue weighted by atomic mass is 32.2. The van der Waals surface area contributed by atoms with Crippen LogP contribution in [0.2, 0.25) is 0 Å². The van der Waals surface area contributed by atoms with Gasteiger partial charge in [-0.3, -0.25) is 0 Å². The number of nitrogens with one attached hydrogen (secondary N) is 1. The van der Waals surface area contributed by atoms with Gasteiger partial charge in [-0.15, -0.1) is 0 Å². The molecule has 0 saturated heterocycles. The Morgan fingerprint density at radius 2 is 2.24 bits per heavy atom. The van der Waals surface area contributed by atoms with Crippen LogP contribution in [0.5, 0.6) is 5.75 Å². The first-order valence-corrected chi connectivity index (χ1v) is 8.12. The lowest BCUT2D eigenvalue weighted by Gasteiger charge is -2.19. The van der Waals surface area contributed by atoms with E-state index < -0.39 is 0 Å². The maximum absolute atomic E-state index is 5.24. The summed E-state index contributed by atoms with van der Waals surface area (Å²) in [6.45, 7) is 5.92. The Bertz CT molecular complexity index is 488. The standard InChI is InChI=1S/C16H25N3OS/c1-13(11-14-7-6-8-15(12-14)20-4)18-16(21-5)19(3)10-9-17-2/h6-8,12,17H,1,9-11H2,2-5H3. The molecule has 0 amide bonds. The second kappa shape index (κ2) is 9.47. The minimum atomic E-state index is 0.723. The molecule has 0 saturated carbocycles. The predicted molar refractivity (Wildman–Crippen MR) is 93.3 cm³/mol. The van der Waals surface area contributed by atoms with E-state index >= 15 is 0 Å². The van der Waals surface area contributed by atoms with Gasteiger partial charge in [0.15, 0.2) is 5.17 Å². The molecule has 0 aromatic heterocycles. The number of methoxy groups -OCH3 is 1. The number of ether oxygens (including phenoxy) is 1. The Kier molecular flexibility index (Phi) is 7.93. The molecule has 5 heteroatoms. The summed E-state index contributed by atoms with van der Waals surface area (Å²) in [5.74, 6) is 0.862. The first kappa shape index (κ1) is 17.6. The van der Waals surface area contributed by atoms with Crippen molar-refractivity contribution in [2.24, 2.45) is 4.99 Å². The van der Waals surface area contributed by atoms with Crippen LogP contribution in [0, 0.1) is 0 Å². The van der Waals surface area contributed by atoms with Gasteiger partial charge in [0.25, 0.3) is 0 Å². The smallest absolute Gasteiger partial charge is 0.163 e. The van der Waals surface area contributed by atoms with Crippen LogP contribution in [0.1, 0.15) is 5.56 Å². The minimum absolute atomic E-state index is 0.723. The Balaban J connectivity index is 2.69. The third-order valence-corrected chi connectivity index (χ3v) is 3.77. The molecule has 21 heavy (non-hydrogen) atoms. The number of thioether (sulfide) groups is 1. The van der Waals surface area contributed by atoms with Gasteiger partial charge in [0.2, 0.25) is 0 Å². The van der Waals surface area contributed by atoms with Gasteiger partial charge in [0, 0.05) is 32.3 Å². The second-order valence-corrected chi connectivity index (χ2v) is 5.49. The molecule has 0 radical (unpaired) electrons. The number of hydrogen-bond donors (Lipinski definition) is 1. The molecule has 0 heterocycles. The molecule has 1 aromatic rings. The van der Waals surface area contributed by atoms with Crippen molar-refractivity contribution in [3.8, 4) is 5.75 Å². The van der Waals surface area contributed by atoms with E-state index in [2.05, 4.69) is 27.9 Å². The zero-order chi connectivity index (χ0) is 15.7. The van der Waals surface area contributed by atoms with Crippen molar-refractivity contribution < 1.29 is 4.74 Å². The number of nitrogens with zero attached hydrogens (tertiary/aromatic N) is 2. The highest BCUT2D eigenvalue weighted by Crippen LogP contribution is 2.16. The molecule has 1 N–H and O–H groups in total. The number of aliphatic imine (C=N–C) groups is 1. The molecule has 0 bridgehead atoms. The van der Waals surface area contributed by atoms with Crippen molar-refractivity contribution in [2.75, 3.05) is 40.6 Å². The van der Waals surface area contributed by atoms with Crippen molar-refractivity contribution in [2.45, 2.75) is 6.42 Å². The average Bonchev–Trinajstić information content (AvgIpc) is 2.50. The van der Waals surface area contributed by atoms with E-state index in [1.807, 2.05) is 38.6 Å². The quantitative estimate of drug-likeness (QED) is 0.620. The molecule has 0 aliphatic rings. The molecular weight excluding hydrogens is 282 g/mol. The Hall–Kier alpha value is -1.46. The summed E-state index contributed by atoms with van der Waals surface area (Å²) in [6, 6.07) is 8.00. The van der Waals surface area contributed by atoms with E-state index in [1.54, 1.807) is 18.9 Å². The third-order valence-electron chi connectivity index (χ3n) is 3.00. The van der Waals surface area contributed by atoms with Crippen LogP contribution in [0.15, 0.2) is 41.5 Å². The molecule has 0 aliphatic heterocycles. The molecule has 116 valence electrons. The molecule has 4 nitrogen and oxygen atoms in total. The van der Waals surface area contributed by atoms with Gasteiger partial charge >= 0.3 is 0 Å². The second-order valence-electron chi connectivity index (χ2n) is 4.72. The van der Waals surface area contributed by atoms with E-state index in [0.717, 1.165) is 41.7 Å². The van der Waals surface area contributed by atoms with Gasteiger partial charge < -0.3 is 15.0 Å². The van der Waals surface area contributed by atoms with Crippen LogP contribution in [0.4, 0.5) is 0 Å². The first-order valence-electron chi connectivity index (χ1n) is 6.89. The summed E-state index contributed by atoms with van der Waals surface area (Å²) < 4.78 is 5.24. The monoisotopic (exact) mass is 307 g/mol. The first-order chi connectivity index (χ1) is 10.1. The summed E-state index contributed by atoms with van der Waals surface area (Å²) in [7, 11) is 5.67. The normalized spacial score (nSPS) is 11.3. The van der Waals surface area contributed by atoms with Gasteiger partial charge in [-0.1, -0.05) is 30.5 Å². The topological polar surface area (TPSA) is 36.9 Å². The van der Waals surface area contributed by atoms with Crippen molar-refractivity contribution in [3.63, 3.8) is 0 Å². The van der Waals surface area contributed by atoms with E-state index in [-0.39, 0.29) is 0 Å². The summed E-state index contributed by atoms with van der Waals surface area (Å²) in [6.07, 6.45) is 2.76. The molecule has 1 aromatic carbocycles. The number of benzene rings is 1. The minimum Gasteiger partial charge on any atom is -0.497 e. The lowest BCUT2D eigenvalue weighted by atomic mass is 10.1. The SMILES string of the molecule is C=C(Cc1cccc(OC)c1)N=C(SC)N(C)CCNC. The largest absolute Gasteiger partial charge is 0.497 e. The number of allylic oxidation sites excluding steroid dienone is 1. The van der Waals surface area contributed by atoms with Crippen molar-refractivity contribution in [1.82, 2.24) is 10.2 Å². The van der Waals surface area contributed by atoms with Gasteiger partial charge in [-0.2, -0.15) is 0 Å². The number of rotatable bonds is 7. The van der Waals surface area contributed by atoms with Crippen molar-refractivity contribution in [3.05, 3.63) is 42.1 Å². The lowest BCUT2D eigenvalue weighted by molar-refractivity contribution is 0.414. The number of hydrogen-bond acceptors (Lipinski definition) is 4. The maximum atomic E-state index is 5.24. The van der Waals surface area contributed by atoms with Crippen LogP contribution in [0.25, 0.3) is 0 Å². The van der Waals surface area contributed by atoms with Gasteiger partial charge in [0.1, 0.15) is 5.75 Å². The van der Waals surface area contributed by atoms with E-state index in [1.165, 1.54) is 0 Å². The van der Waals surface area contributed by atoms with Crippen LogP contribution in [0.3, 0.4) is 0 Å². The summed E-state index contributed by atoms with van der Waals surface area (Å²) in [5.41, 5.74) is 2.00. The van der Waals surface area contributed by atoms with E-state index in [9.17, 15) is 0 Å². The molecule has 0 unspecified atom stereocenters. The molecule has 1 rings (SSSR count). The van der Waals surface area contributed by atoms with Crippen molar-refractivity contribution >= 4 is 16.9 Å². The fraction of sp³-hybridized carbons (Fsp3) is 0.438. The predicted octanol–water partition coefficient (Wildman–Crippen LogP) is 2.62.